The molecule has 8 aromatic rings. The van der Waals surface area contributed by atoms with E-state index >= 15 is 0 Å². The van der Waals surface area contributed by atoms with Gasteiger partial charge >= 0.3 is 0 Å². The highest BCUT2D eigenvalue weighted by atomic mass is 14.3. The summed E-state index contributed by atoms with van der Waals surface area (Å²) in [6.07, 6.45) is 0. The monoisotopic (exact) mass is 1630 g/mol. The first kappa shape index (κ1) is 112. The van der Waals surface area contributed by atoms with E-state index in [2.05, 4.69) is 436 Å². The minimum Gasteiger partial charge on any atom is -0.0587 e. The Morgan fingerprint density at radius 3 is 0.275 bits per heavy atom. The lowest BCUT2D eigenvalue weighted by Gasteiger charge is -2.21. The predicted octanol–water partition coefficient (Wildman–Crippen LogP) is 38.9. The molecule has 0 aliphatic heterocycles. The van der Waals surface area contributed by atoms with E-state index in [9.17, 15) is 0 Å². The van der Waals surface area contributed by atoms with E-state index in [4.69, 9.17) is 0 Å². The van der Waals surface area contributed by atoms with Crippen LogP contribution in [0.4, 0.5) is 0 Å². The van der Waals surface area contributed by atoms with Gasteiger partial charge in [0.25, 0.3) is 0 Å². The van der Waals surface area contributed by atoms with Gasteiger partial charge in [-0.3, -0.25) is 0 Å². The van der Waals surface area contributed by atoms with Crippen LogP contribution in [0.15, 0.2) is 48.5 Å². The standard InChI is InChI=1S/8C15H24/c6*1-9(2)14-8-15(10(3)4)13(7)11(5)12(14)6;2*1-9(2)14-8-11(5)12(6)15(10(3)4)13(14)7/h8*8-10H,1-7H3. The molecule has 0 spiro atoms. The topological polar surface area (TPSA) is 0 Å². The van der Waals surface area contributed by atoms with E-state index in [1.165, 1.54) is 211 Å². The summed E-state index contributed by atoms with van der Waals surface area (Å²) in [6.45, 7) is 127. The third kappa shape index (κ3) is 28.9. The molecule has 0 saturated heterocycles. The number of aryl methyl sites for hydroxylation is 2. The first-order valence-electron chi connectivity index (χ1n) is 47.7. The van der Waals surface area contributed by atoms with E-state index in [0.29, 0.717) is 94.7 Å². The molecule has 0 atom stereocenters. The minimum atomic E-state index is 0.627. The van der Waals surface area contributed by atoms with Crippen LogP contribution in [-0.2, 0) is 0 Å². The van der Waals surface area contributed by atoms with Crippen LogP contribution in [0.25, 0.3) is 0 Å². The highest BCUT2D eigenvalue weighted by Gasteiger charge is 2.22. The van der Waals surface area contributed by atoms with Crippen molar-refractivity contribution in [3.8, 4) is 0 Å². The van der Waals surface area contributed by atoms with Crippen LogP contribution in [0.5, 0.6) is 0 Å². The molecule has 0 unspecified atom stereocenters. The van der Waals surface area contributed by atoms with Gasteiger partial charge in [0.15, 0.2) is 0 Å². The molecule has 0 aliphatic rings. The second-order valence-corrected chi connectivity index (χ2v) is 41.9. The summed E-state index contributed by atoms with van der Waals surface area (Å²) in [7, 11) is 0. The molecular formula is C120H192. The zero-order valence-electron chi connectivity index (χ0n) is 89.9. The van der Waals surface area contributed by atoms with Crippen LogP contribution >= 0.6 is 0 Å². The van der Waals surface area contributed by atoms with Crippen molar-refractivity contribution in [2.45, 2.75) is 482 Å². The number of benzene rings is 8. The fraction of sp³-hybridized carbons (Fsp3) is 0.600. The summed E-state index contributed by atoms with van der Waals surface area (Å²) in [5.74, 6) is 10.0. The van der Waals surface area contributed by atoms with Crippen molar-refractivity contribution in [3.63, 3.8) is 0 Å². The highest BCUT2D eigenvalue weighted by molar-refractivity contribution is 5.54. The Bertz CT molecular complexity index is 3760. The van der Waals surface area contributed by atoms with E-state index in [1.807, 2.05) is 0 Å². The Morgan fingerprint density at radius 2 is 0.192 bits per heavy atom. The second kappa shape index (κ2) is 48.9. The Morgan fingerprint density at radius 1 is 0.100 bits per heavy atom. The largest absolute Gasteiger partial charge is 0.0587 e. The summed E-state index contributed by atoms with van der Waals surface area (Å²) in [5.41, 5.74) is 59.8. The molecule has 0 N–H and O–H groups in total. The predicted molar refractivity (Wildman–Crippen MR) is 551 cm³/mol. The quantitative estimate of drug-likeness (QED) is 0.0904. The molecule has 0 aliphatic carbocycles. The lowest BCUT2D eigenvalue weighted by Crippen LogP contribution is -2.04. The van der Waals surface area contributed by atoms with Crippen molar-refractivity contribution in [1.29, 1.82) is 0 Å². The highest BCUT2D eigenvalue weighted by Crippen LogP contribution is 2.40. The molecule has 8 aromatic carbocycles. The van der Waals surface area contributed by atoms with Crippen molar-refractivity contribution in [3.05, 3.63) is 271 Å². The Kier molecular flexibility index (Phi) is 45.5. The van der Waals surface area contributed by atoms with Crippen LogP contribution in [0.3, 0.4) is 0 Å². The van der Waals surface area contributed by atoms with Gasteiger partial charge in [-0.15, -0.1) is 0 Å². The van der Waals surface area contributed by atoms with Crippen LogP contribution in [0, 0.1) is 166 Å². The zero-order valence-corrected chi connectivity index (χ0v) is 89.9. The number of rotatable bonds is 16. The third-order valence-electron chi connectivity index (χ3n) is 28.1. The molecule has 0 heteroatoms. The Balaban J connectivity index is 0.000000686. The van der Waals surface area contributed by atoms with Gasteiger partial charge in [0, 0.05) is 0 Å². The molecule has 0 aromatic heterocycles. The van der Waals surface area contributed by atoms with Gasteiger partial charge < -0.3 is 0 Å². The maximum Gasteiger partial charge on any atom is -0.0213 e. The Hall–Kier alpha value is -6.24. The average molecular weight is 1630 g/mol. The van der Waals surface area contributed by atoms with Crippen molar-refractivity contribution in [2.75, 3.05) is 0 Å². The molecule has 0 heterocycles. The van der Waals surface area contributed by atoms with Crippen molar-refractivity contribution in [2.24, 2.45) is 0 Å². The summed E-state index contributed by atoms with van der Waals surface area (Å²) >= 11 is 0. The van der Waals surface area contributed by atoms with Crippen LogP contribution in [0.2, 0.25) is 0 Å². The maximum absolute atomic E-state index is 2.41. The lowest BCUT2D eigenvalue weighted by molar-refractivity contribution is 0.806. The van der Waals surface area contributed by atoms with Crippen LogP contribution < -0.4 is 0 Å². The fourth-order valence-corrected chi connectivity index (χ4v) is 18.9. The molecule has 672 valence electrons. The molecule has 0 radical (unpaired) electrons. The lowest BCUT2D eigenvalue weighted by atomic mass is 9.84. The summed E-state index contributed by atoms with van der Waals surface area (Å²) in [6, 6.07) is 19.2. The van der Waals surface area contributed by atoms with Gasteiger partial charge in [-0.1, -0.05) is 270 Å². The average Bonchev–Trinajstić information content (AvgIpc) is 0.815. The molecule has 120 heavy (non-hydrogen) atoms. The number of hydrogen-bond acceptors (Lipinski definition) is 0. The van der Waals surface area contributed by atoms with E-state index < -0.39 is 0 Å². The molecule has 0 bridgehead atoms. The van der Waals surface area contributed by atoms with E-state index in [0.717, 1.165) is 0 Å². The summed E-state index contributed by atoms with van der Waals surface area (Å²) in [4.78, 5) is 0. The van der Waals surface area contributed by atoms with Crippen LogP contribution in [0.1, 0.15) is 539 Å². The Labute approximate surface area is 748 Å². The molecule has 0 fully saturated rings. The van der Waals surface area contributed by atoms with Crippen molar-refractivity contribution in [1.82, 2.24) is 0 Å². The van der Waals surface area contributed by atoms with Crippen molar-refractivity contribution >= 4 is 0 Å². The minimum absolute atomic E-state index is 0.627. The molecule has 0 saturated carbocycles. The SMILES string of the molecule is Cc1c(C(C)C)cc(C(C)C)c(C)c1C.Cc1c(C(C)C)cc(C(C)C)c(C)c1C.Cc1c(C(C)C)cc(C(C)C)c(C)c1C.Cc1c(C(C)C)cc(C(C)C)c(C)c1C.Cc1c(C(C)C)cc(C(C)C)c(C)c1C.Cc1c(C(C)C)cc(C(C)C)c(C)c1C.Cc1cc(C(C)C)c(C)c(C(C)C)c1C.Cc1cc(C(C)C)c(C)c(C(C)C)c1C. The van der Waals surface area contributed by atoms with Crippen molar-refractivity contribution < 1.29 is 0 Å². The van der Waals surface area contributed by atoms with Gasteiger partial charge in [-0.25, -0.2) is 0 Å². The second-order valence-electron chi connectivity index (χ2n) is 41.9. The van der Waals surface area contributed by atoms with Gasteiger partial charge in [-0.05, 0) is 483 Å². The van der Waals surface area contributed by atoms with Gasteiger partial charge in [0.05, 0.1) is 0 Å². The molecule has 0 nitrogen and oxygen atoms in total. The van der Waals surface area contributed by atoms with E-state index in [1.54, 1.807) is 11.1 Å². The smallest absolute Gasteiger partial charge is 0.0213 e. The van der Waals surface area contributed by atoms with E-state index in [-0.39, 0.29) is 0 Å². The summed E-state index contributed by atoms with van der Waals surface area (Å²) in [5, 5.41) is 0. The normalized spacial score (nSPS) is 11.5. The molecule has 8 rings (SSSR count). The molecular weight excluding hydrogens is 1440 g/mol. The zero-order chi connectivity index (χ0) is 94.0. The van der Waals surface area contributed by atoms with Gasteiger partial charge in [-0.2, -0.15) is 0 Å². The summed E-state index contributed by atoms with van der Waals surface area (Å²) < 4.78 is 0. The first-order chi connectivity index (χ1) is 54.9. The fourth-order valence-electron chi connectivity index (χ4n) is 18.9. The third-order valence-corrected chi connectivity index (χ3v) is 28.1. The molecule has 0 amide bonds. The van der Waals surface area contributed by atoms with Crippen LogP contribution in [-0.4, -0.2) is 0 Å². The van der Waals surface area contributed by atoms with Gasteiger partial charge in [0.1, 0.15) is 0 Å². The first-order valence-corrected chi connectivity index (χ1v) is 47.7. The number of hydrogen-bond donors (Lipinski definition) is 0. The van der Waals surface area contributed by atoms with Gasteiger partial charge in [0.2, 0.25) is 0 Å². The maximum atomic E-state index is 2.41.